The number of carbonyl (C=O) groups is 1. The molecule has 0 bridgehead atoms. The van der Waals surface area contributed by atoms with Crippen LogP contribution in [0.1, 0.15) is 41.3 Å². The number of aromatic nitrogens is 1. The van der Waals surface area contributed by atoms with Gasteiger partial charge in [-0.1, -0.05) is 25.0 Å². The third-order valence-corrected chi connectivity index (χ3v) is 4.34. The Labute approximate surface area is 152 Å². The van der Waals surface area contributed by atoms with E-state index >= 15 is 0 Å². The van der Waals surface area contributed by atoms with E-state index in [4.69, 9.17) is 9.72 Å². The maximum Gasteiger partial charge on any atom is 0.338 e. The van der Waals surface area contributed by atoms with Crippen molar-refractivity contribution < 1.29 is 13.9 Å². The first-order valence-corrected chi connectivity index (χ1v) is 8.84. The fraction of sp³-hybridized carbons (Fsp3) is 0.273. The van der Waals surface area contributed by atoms with E-state index in [1.165, 1.54) is 12.1 Å². The number of pyridine rings is 1. The van der Waals surface area contributed by atoms with E-state index < -0.39 is 0 Å². The van der Waals surface area contributed by atoms with Crippen molar-refractivity contribution in [2.24, 2.45) is 0 Å². The molecule has 0 saturated carbocycles. The van der Waals surface area contributed by atoms with Crippen LogP contribution in [0.4, 0.5) is 4.39 Å². The van der Waals surface area contributed by atoms with Crippen LogP contribution in [0.5, 0.6) is 0 Å². The molecule has 0 saturated heterocycles. The highest BCUT2D eigenvalue weighted by Crippen LogP contribution is 2.28. The maximum absolute atomic E-state index is 13.2. The topological polar surface area (TPSA) is 39.2 Å². The Morgan fingerprint density at radius 2 is 1.85 bits per heavy atom. The molecule has 26 heavy (non-hydrogen) atoms. The Balaban J connectivity index is 2.16. The van der Waals surface area contributed by atoms with E-state index in [1.54, 1.807) is 18.2 Å². The van der Waals surface area contributed by atoms with Crippen molar-refractivity contribution in [3.63, 3.8) is 0 Å². The summed E-state index contributed by atoms with van der Waals surface area (Å²) in [5.74, 6) is -0.653. The van der Waals surface area contributed by atoms with Crippen molar-refractivity contribution in [1.82, 2.24) is 4.98 Å². The van der Waals surface area contributed by atoms with E-state index in [9.17, 15) is 9.18 Å². The Hall–Kier alpha value is -2.75. The number of ether oxygens (including phenoxy) is 1. The molecule has 0 aliphatic heterocycles. The molecule has 0 N–H and O–H groups in total. The van der Waals surface area contributed by atoms with Gasteiger partial charge in [0.1, 0.15) is 5.82 Å². The zero-order chi connectivity index (χ0) is 18.7. The normalized spacial score (nSPS) is 10.9. The molecule has 0 spiro atoms. The molecular formula is C22H22FNO2. The minimum absolute atomic E-state index is 0.305. The van der Waals surface area contributed by atoms with Crippen molar-refractivity contribution in [3.8, 4) is 11.3 Å². The molecule has 2 aromatic carbocycles. The van der Waals surface area contributed by atoms with E-state index in [0.717, 1.165) is 40.4 Å². The lowest BCUT2D eigenvalue weighted by atomic mass is 10.00. The third kappa shape index (κ3) is 3.74. The van der Waals surface area contributed by atoms with Crippen LogP contribution in [0.25, 0.3) is 22.2 Å². The standard InChI is InChI=1S/C22H22FNO2/c1-4-5-10-26-22(25)19-13-20(16-6-8-17(23)9-7-16)24-21-15(3)11-14(2)12-18(19)21/h6-9,11-13H,4-5,10H2,1-3H3. The van der Waals surface area contributed by atoms with Gasteiger partial charge in [-0.05, 0) is 62.2 Å². The predicted molar refractivity (Wildman–Crippen MR) is 102 cm³/mol. The quantitative estimate of drug-likeness (QED) is 0.443. The Bertz CT molecular complexity index is 949. The number of unbranched alkanes of at least 4 members (excludes halogenated alkanes) is 1. The summed E-state index contributed by atoms with van der Waals surface area (Å²) in [4.78, 5) is 17.4. The van der Waals surface area contributed by atoms with Crippen molar-refractivity contribution >= 4 is 16.9 Å². The minimum atomic E-state index is -0.348. The summed E-state index contributed by atoms with van der Waals surface area (Å²) < 4.78 is 18.7. The SMILES string of the molecule is CCCCOC(=O)c1cc(-c2ccc(F)cc2)nc2c(C)cc(C)cc12. The lowest BCUT2D eigenvalue weighted by Crippen LogP contribution is -2.08. The van der Waals surface area contributed by atoms with Gasteiger partial charge in [-0.2, -0.15) is 0 Å². The smallest absolute Gasteiger partial charge is 0.338 e. The van der Waals surface area contributed by atoms with Crippen LogP contribution < -0.4 is 0 Å². The second-order valence-electron chi connectivity index (χ2n) is 6.53. The number of carbonyl (C=O) groups excluding carboxylic acids is 1. The van der Waals surface area contributed by atoms with Gasteiger partial charge in [0.2, 0.25) is 0 Å². The van der Waals surface area contributed by atoms with Crippen LogP contribution in [0.15, 0.2) is 42.5 Å². The highest BCUT2D eigenvalue weighted by atomic mass is 19.1. The van der Waals surface area contributed by atoms with Gasteiger partial charge in [0.25, 0.3) is 0 Å². The predicted octanol–water partition coefficient (Wildman–Crippen LogP) is 5.61. The summed E-state index contributed by atoms with van der Waals surface area (Å²) in [6.45, 7) is 6.42. The molecule has 1 heterocycles. The Morgan fingerprint density at radius 3 is 2.54 bits per heavy atom. The Kier molecular flexibility index (Phi) is 5.31. The van der Waals surface area contributed by atoms with Crippen LogP contribution in [-0.2, 0) is 4.74 Å². The summed E-state index contributed by atoms with van der Waals surface area (Å²) in [5, 5.41) is 0.787. The number of esters is 1. The molecular weight excluding hydrogens is 329 g/mol. The number of rotatable bonds is 5. The first-order valence-electron chi connectivity index (χ1n) is 8.84. The van der Waals surface area contributed by atoms with E-state index in [-0.39, 0.29) is 11.8 Å². The first-order chi connectivity index (χ1) is 12.5. The van der Waals surface area contributed by atoms with Crippen LogP contribution in [0.3, 0.4) is 0 Å². The number of hydrogen-bond donors (Lipinski definition) is 0. The zero-order valence-corrected chi connectivity index (χ0v) is 15.3. The zero-order valence-electron chi connectivity index (χ0n) is 15.3. The number of benzene rings is 2. The van der Waals surface area contributed by atoms with Crippen molar-refractivity contribution in [2.75, 3.05) is 6.61 Å². The number of fused-ring (bicyclic) bond motifs is 1. The van der Waals surface area contributed by atoms with Gasteiger partial charge in [-0.25, -0.2) is 14.2 Å². The molecule has 0 radical (unpaired) electrons. The molecule has 4 heteroatoms. The van der Waals surface area contributed by atoms with Gasteiger partial charge in [0.05, 0.1) is 23.4 Å². The lowest BCUT2D eigenvalue weighted by Gasteiger charge is -2.12. The molecule has 1 aromatic heterocycles. The average Bonchev–Trinajstić information content (AvgIpc) is 2.62. The molecule has 134 valence electrons. The second kappa shape index (κ2) is 7.65. The largest absolute Gasteiger partial charge is 0.462 e. The Morgan fingerprint density at radius 1 is 1.12 bits per heavy atom. The minimum Gasteiger partial charge on any atom is -0.462 e. The molecule has 0 amide bonds. The molecule has 0 unspecified atom stereocenters. The van der Waals surface area contributed by atoms with Gasteiger partial charge in [0.15, 0.2) is 0 Å². The van der Waals surface area contributed by atoms with E-state index in [0.29, 0.717) is 17.9 Å². The molecule has 0 fully saturated rings. The summed E-state index contributed by atoms with van der Waals surface area (Å²) in [6.07, 6.45) is 1.79. The van der Waals surface area contributed by atoms with E-state index in [1.807, 2.05) is 26.0 Å². The maximum atomic E-state index is 13.2. The van der Waals surface area contributed by atoms with Gasteiger partial charge in [-0.3, -0.25) is 0 Å². The van der Waals surface area contributed by atoms with Crippen molar-refractivity contribution in [2.45, 2.75) is 33.6 Å². The third-order valence-electron chi connectivity index (χ3n) is 4.34. The summed E-state index contributed by atoms with van der Waals surface area (Å²) in [6, 6.07) is 11.8. The second-order valence-corrected chi connectivity index (χ2v) is 6.53. The van der Waals surface area contributed by atoms with Crippen LogP contribution >= 0.6 is 0 Å². The number of halogens is 1. The fourth-order valence-corrected chi connectivity index (χ4v) is 3.01. The molecule has 0 atom stereocenters. The monoisotopic (exact) mass is 351 g/mol. The highest BCUT2D eigenvalue weighted by Gasteiger charge is 2.17. The fourth-order valence-electron chi connectivity index (χ4n) is 3.01. The molecule has 3 rings (SSSR count). The van der Waals surface area contributed by atoms with Crippen molar-refractivity contribution in [3.05, 3.63) is 65.0 Å². The highest BCUT2D eigenvalue weighted by molar-refractivity contribution is 6.05. The number of hydrogen-bond acceptors (Lipinski definition) is 3. The first kappa shape index (κ1) is 18.1. The average molecular weight is 351 g/mol. The van der Waals surface area contributed by atoms with E-state index in [2.05, 4.69) is 6.92 Å². The van der Waals surface area contributed by atoms with Crippen molar-refractivity contribution in [1.29, 1.82) is 0 Å². The molecule has 0 aliphatic rings. The number of aryl methyl sites for hydroxylation is 2. The molecule has 0 aliphatic carbocycles. The van der Waals surface area contributed by atoms with Gasteiger partial charge in [0, 0.05) is 10.9 Å². The van der Waals surface area contributed by atoms with Gasteiger partial charge < -0.3 is 4.74 Å². The van der Waals surface area contributed by atoms with Gasteiger partial charge >= 0.3 is 5.97 Å². The van der Waals surface area contributed by atoms with Gasteiger partial charge in [-0.15, -0.1) is 0 Å². The number of nitrogens with zero attached hydrogens (tertiary/aromatic N) is 1. The van der Waals surface area contributed by atoms with Crippen LogP contribution in [0, 0.1) is 19.7 Å². The van der Waals surface area contributed by atoms with Crippen LogP contribution in [-0.4, -0.2) is 17.6 Å². The molecule has 3 aromatic rings. The summed E-state index contributed by atoms with van der Waals surface area (Å²) in [7, 11) is 0. The summed E-state index contributed by atoms with van der Waals surface area (Å²) >= 11 is 0. The summed E-state index contributed by atoms with van der Waals surface area (Å²) in [5.41, 5.74) is 4.71. The lowest BCUT2D eigenvalue weighted by molar-refractivity contribution is 0.0502. The van der Waals surface area contributed by atoms with Crippen LogP contribution in [0.2, 0.25) is 0 Å². The molecule has 3 nitrogen and oxygen atoms in total.